The van der Waals surface area contributed by atoms with Gasteiger partial charge in [-0.3, -0.25) is 0 Å². The van der Waals surface area contributed by atoms with E-state index in [0.717, 1.165) is 37.4 Å². The fourth-order valence-electron chi connectivity index (χ4n) is 4.57. The number of nitrogens with one attached hydrogen (secondary N) is 2. The van der Waals surface area contributed by atoms with Gasteiger partial charge in [0.15, 0.2) is 0 Å². The Bertz CT molecular complexity index is 887. The third kappa shape index (κ3) is 4.86. The predicted octanol–water partition coefficient (Wildman–Crippen LogP) is 4.79. The van der Waals surface area contributed by atoms with E-state index >= 15 is 0 Å². The molecular formula is C23H27F4N3O. The summed E-state index contributed by atoms with van der Waals surface area (Å²) in [6, 6.07) is 9.84. The maximum atomic E-state index is 13.4. The van der Waals surface area contributed by atoms with Gasteiger partial charge in [-0.05, 0) is 68.2 Å². The normalized spacial score (nSPS) is 25.5. The molecule has 4 N–H and O–H groups in total. The van der Waals surface area contributed by atoms with Crippen molar-refractivity contribution in [2.75, 3.05) is 25.0 Å². The van der Waals surface area contributed by atoms with Gasteiger partial charge in [0, 0.05) is 23.7 Å². The number of halogens is 4. The molecule has 0 spiro atoms. The molecule has 0 amide bonds. The van der Waals surface area contributed by atoms with Crippen LogP contribution in [0.2, 0.25) is 0 Å². The van der Waals surface area contributed by atoms with Crippen molar-refractivity contribution in [1.82, 2.24) is 5.32 Å². The van der Waals surface area contributed by atoms with Gasteiger partial charge in [-0.1, -0.05) is 12.1 Å². The summed E-state index contributed by atoms with van der Waals surface area (Å²) in [6.07, 6.45) is -2.54. The highest BCUT2D eigenvalue weighted by atomic mass is 19.4. The number of rotatable bonds is 6. The number of benzene rings is 2. The first-order chi connectivity index (χ1) is 14.9. The van der Waals surface area contributed by atoms with Crippen molar-refractivity contribution in [2.45, 2.75) is 43.7 Å². The smallest absolute Gasteiger partial charge is 0.378 e. The zero-order valence-corrected chi connectivity index (χ0v) is 17.1. The maximum Gasteiger partial charge on any atom is 0.416 e. The zero-order chi connectivity index (χ0) is 22.0. The molecule has 2 aromatic rings. The second-order valence-corrected chi connectivity index (χ2v) is 8.24. The maximum absolute atomic E-state index is 13.4. The van der Waals surface area contributed by atoms with Crippen LogP contribution in [0.4, 0.5) is 23.2 Å². The van der Waals surface area contributed by atoms with Crippen LogP contribution in [0, 0.1) is 11.7 Å². The predicted molar refractivity (Wildman–Crippen MR) is 111 cm³/mol. The SMILES string of the molecule is NCCCNC[C@H]1CC[C@@H]2[C@H](O1)c1cc(C(F)(F)F)ccc1N[C@H]2c1ccc(F)cc1. The second-order valence-electron chi connectivity index (χ2n) is 8.24. The summed E-state index contributed by atoms with van der Waals surface area (Å²) in [5, 5.41) is 6.70. The molecule has 4 rings (SSSR count). The molecule has 4 nitrogen and oxygen atoms in total. The minimum Gasteiger partial charge on any atom is -0.378 e. The van der Waals surface area contributed by atoms with Crippen molar-refractivity contribution in [2.24, 2.45) is 11.7 Å². The van der Waals surface area contributed by atoms with Crippen LogP contribution in [0.3, 0.4) is 0 Å². The molecule has 0 aliphatic carbocycles. The molecule has 8 heteroatoms. The van der Waals surface area contributed by atoms with Crippen LogP contribution in [0.15, 0.2) is 42.5 Å². The van der Waals surface area contributed by atoms with Gasteiger partial charge < -0.3 is 21.1 Å². The molecule has 1 saturated heterocycles. The zero-order valence-electron chi connectivity index (χ0n) is 17.1. The van der Waals surface area contributed by atoms with Crippen LogP contribution in [-0.4, -0.2) is 25.7 Å². The quantitative estimate of drug-likeness (QED) is 0.450. The third-order valence-corrected chi connectivity index (χ3v) is 6.13. The molecule has 1 fully saturated rings. The topological polar surface area (TPSA) is 59.3 Å². The Morgan fingerprint density at radius 1 is 1.10 bits per heavy atom. The molecule has 2 heterocycles. The van der Waals surface area contributed by atoms with E-state index in [1.165, 1.54) is 24.3 Å². The van der Waals surface area contributed by atoms with E-state index in [-0.39, 0.29) is 23.9 Å². The lowest BCUT2D eigenvalue weighted by atomic mass is 9.76. The van der Waals surface area contributed by atoms with E-state index in [9.17, 15) is 17.6 Å². The molecule has 2 aliphatic rings. The largest absolute Gasteiger partial charge is 0.416 e. The number of hydrogen-bond donors (Lipinski definition) is 3. The van der Waals surface area contributed by atoms with Crippen molar-refractivity contribution >= 4 is 5.69 Å². The Kier molecular flexibility index (Phi) is 6.50. The van der Waals surface area contributed by atoms with Gasteiger partial charge in [0.2, 0.25) is 0 Å². The summed E-state index contributed by atoms with van der Waals surface area (Å²) in [6.45, 7) is 2.01. The van der Waals surface area contributed by atoms with Crippen molar-refractivity contribution in [3.05, 3.63) is 65.0 Å². The second kappa shape index (κ2) is 9.14. The third-order valence-electron chi connectivity index (χ3n) is 6.13. The van der Waals surface area contributed by atoms with Crippen LogP contribution in [0.25, 0.3) is 0 Å². The Morgan fingerprint density at radius 2 is 1.87 bits per heavy atom. The Balaban J connectivity index is 1.63. The first kappa shape index (κ1) is 22.0. The number of anilines is 1. The van der Waals surface area contributed by atoms with Gasteiger partial charge in [0.1, 0.15) is 5.82 Å². The average Bonchev–Trinajstić information content (AvgIpc) is 2.76. The van der Waals surface area contributed by atoms with Gasteiger partial charge in [0.25, 0.3) is 0 Å². The Labute approximate surface area is 179 Å². The highest BCUT2D eigenvalue weighted by Crippen LogP contribution is 2.51. The number of ether oxygens (including phenoxy) is 1. The van der Waals surface area contributed by atoms with Crippen LogP contribution >= 0.6 is 0 Å². The van der Waals surface area contributed by atoms with Crippen LogP contribution < -0.4 is 16.4 Å². The molecule has 0 radical (unpaired) electrons. The minimum absolute atomic E-state index is 0.0539. The molecular weight excluding hydrogens is 410 g/mol. The fraction of sp³-hybridized carbons (Fsp3) is 0.478. The van der Waals surface area contributed by atoms with Crippen molar-refractivity contribution in [1.29, 1.82) is 0 Å². The van der Waals surface area contributed by atoms with Crippen LogP contribution in [-0.2, 0) is 10.9 Å². The summed E-state index contributed by atoms with van der Waals surface area (Å²) >= 11 is 0. The van der Waals surface area contributed by atoms with E-state index in [4.69, 9.17) is 10.5 Å². The van der Waals surface area contributed by atoms with E-state index in [1.54, 1.807) is 12.1 Å². The highest BCUT2D eigenvalue weighted by Gasteiger charge is 2.43. The molecule has 2 aliphatic heterocycles. The highest BCUT2D eigenvalue weighted by molar-refractivity contribution is 5.58. The summed E-state index contributed by atoms with van der Waals surface area (Å²) in [4.78, 5) is 0. The summed E-state index contributed by atoms with van der Waals surface area (Å²) in [7, 11) is 0. The van der Waals surface area contributed by atoms with E-state index < -0.39 is 17.8 Å². The number of alkyl halides is 3. The van der Waals surface area contributed by atoms with E-state index in [1.807, 2.05) is 0 Å². The van der Waals surface area contributed by atoms with Gasteiger partial charge in [0.05, 0.1) is 23.8 Å². The summed E-state index contributed by atoms with van der Waals surface area (Å²) < 4.78 is 59.9. The monoisotopic (exact) mass is 437 g/mol. The van der Waals surface area contributed by atoms with Crippen LogP contribution in [0.1, 0.15) is 48.1 Å². The fourth-order valence-corrected chi connectivity index (χ4v) is 4.57. The van der Waals surface area contributed by atoms with Gasteiger partial charge in [-0.15, -0.1) is 0 Å². The lowest BCUT2D eigenvalue weighted by Gasteiger charge is -2.46. The first-order valence-electron chi connectivity index (χ1n) is 10.7. The number of nitrogens with two attached hydrogens (primary N) is 1. The number of hydrogen-bond acceptors (Lipinski definition) is 4. The van der Waals surface area contributed by atoms with Crippen molar-refractivity contribution in [3.63, 3.8) is 0 Å². The van der Waals surface area contributed by atoms with E-state index in [0.29, 0.717) is 24.3 Å². The Morgan fingerprint density at radius 3 is 2.58 bits per heavy atom. The lowest BCUT2D eigenvalue weighted by Crippen LogP contribution is -2.42. The van der Waals surface area contributed by atoms with Crippen molar-refractivity contribution in [3.8, 4) is 0 Å². The standard InChI is InChI=1S/C23H27F4N3O/c24-16-5-2-14(3-6-16)21-18-8-7-17(13-29-11-1-10-28)31-22(18)19-12-15(23(25,26)27)4-9-20(19)30-21/h2-6,9,12,17-18,21-22,29-30H,1,7-8,10-11,13,28H2/t17-,18+,21+,22+/m1/s1. The lowest BCUT2D eigenvalue weighted by molar-refractivity contribution is -0.138. The van der Waals surface area contributed by atoms with Gasteiger partial charge >= 0.3 is 6.18 Å². The number of fused-ring (bicyclic) bond motifs is 3. The molecule has 0 saturated carbocycles. The molecule has 2 aromatic carbocycles. The van der Waals surface area contributed by atoms with E-state index in [2.05, 4.69) is 10.6 Å². The summed E-state index contributed by atoms with van der Waals surface area (Å²) in [5.41, 5.74) is 6.89. The van der Waals surface area contributed by atoms with Gasteiger partial charge in [-0.25, -0.2) is 4.39 Å². The molecule has 0 unspecified atom stereocenters. The molecule has 0 aromatic heterocycles. The van der Waals surface area contributed by atoms with Crippen molar-refractivity contribution < 1.29 is 22.3 Å². The molecule has 31 heavy (non-hydrogen) atoms. The Hall–Kier alpha value is -2.16. The average molecular weight is 437 g/mol. The summed E-state index contributed by atoms with van der Waals surface area (Å²) in [5.74, 6) is -0.378. The minimum atomic E-state index is -4.42. The molecule has 0 bridgehead atoms. The first-order valence-corrected chi connectivity index (χ1v) is 10.7. The molecule has 4 atom stereocenters. The van der Waals surface area contributed by atoms with Crippen LogP contribution in [0.5, 0.6) is 0 Å². The molecule has 168 valence electrons. The van der Waals surface area contributed by atoms with Gasteiger partial charge in [-0.2, -0.15) is 13.2 Å².